The lowest BCUT2D eigenvalue weighted by Gasteiger charge is -2.29. The van der Waals surface area contributed by atoms with Crippen LogP contribution < -0.4 is 16.6 Å². The molecule has 3 rings (SSSR count). The van der Waals surface area contributed by atoms with Crippen molar-refractivity contribution in [1.29, 1.82) is 0 Å². The van der Waals surface area contributed by atoms with Crippen LogP contribution in [0.3, 0.4) is 0 Å². The van der Waals surface area contributed by atoms with E-state index < -0.39 is 11.2 Å². The minimum atomic E-state index is -0.632. The van der Waals surface area contributed by atoms with Gasteiger partial charge in [-0.05, 0) is 31.7 Å². The second-order valence-corrected chi connectivity index (χ2v) is 6.28. The van der Waals surface area contributed by atoms with E-state index in [1.807, 2.05) is 0 Å². The summed E-state index contributed by atoms with van der Waals surface area (Å²) in [4.78, 5) is 45.0. The van der Waals surface area contributed by atoms with Gasteiger partial charge in [0.05, 0.1) is 10.9 Å². The van der Waals surface area contributed by atoms with Crippen molar-refractivity contribution in [2.45, 2.75) is 45.6 Å². The van der Waals surface area contributed by atoms with E-state index in [4.69, 9.17) is 0 Å². The second-order valence-electron chi connectivity index (χ2n) is 6.28. The SMILES string of the molecule is Cc1cc(C(=O)N[C@@H]2CCCC[C@H]2C)c2c(=O)[nH]c(=O)[nH]c2n1. The minimum Gasteiger partial charge on any atom is -0.349 e. The molecular formula is C16H20N4O3. The maximum absolute atomic E-state index is 12.7. The number of pyridine rings is 1. The molecule has 122 valence electrons. The molecule has 0 spiro atoms. The van der Waals surface area contributed by atoms with Crippen LogP contribution >= 0.6 is 0 Å². The van der Waals surface area contributed by atoms with E-state index in [2.05, 4.69) is 27.2 Å². The summed E-state index contributed by atoms with van der Waals surface area (Å²) in [5.41, 5.74) is -0.269. The summed E-state index contributed by atoms with van der Waals surface area (Å²) in [5.74, 6) is 0.122. The number of H-pyrrole nitrogens is 2. The summed E-state index contributed by atoms with van der Waals surface area (Å²) in [6.07, 6.45) is 4.32. The fraction of sp³-hybridized carbons (Fsp3) is 0.500. The Bertz CT molecular complexity index is 868. The molecule has 23 heavy (non-hydrogen) atoms. The predicted octanol–water partition coefficient (Wildman–Crippen LogP) is 1.23. The van der Waals surface area contributed by atoms with Gasteiger partial charge in [-0.2, -0.15) is 0 Å². The van der Waals surface area contributed by atoms with Crippen molar-refractivity contribution >= 4 is 16.9 Å². The van der Waals surface area contributed by atoms with Crippen LogP contribution in [-0.4, -0.2) is 26.9 Å². The van der Waals surface area contributed by atoms with E-state index >= 15 is 0 Å². The fourth-order valence-electron chi connectivity index (χ4n) is 3.25. The van der Waals surface area contributed by atoms with Crippen molar-refractivity contribution in [1.82, 2.24) is 20.3 Å². The Balaban J connectivity index is 2.03. The summed E-state index contributed by atoms with van der Waals surface area (Å²) in [6.45, 7) is 3.85. The number of hydrogen-bond acceptors (Lipinski definition) is 4. The third-order valence-electron chi connectivity index (χ3n) is 4.51. The largest absolute Gasteiger partial charge is 0.349 e. The van der Waals surface area contributed by atoms with Crippen LogP contribution in [0.15, 0.2) is 15.7 Å². The standard InChI is InChI=1S/C16H20N4O3/c1-8-5-3-4-6-11(8)18-14(21)10-7-9(2)17-13-12(10)15(22)20-16(23)19-13/h7-8,11H,3-6H2,1-2H3,(H,18,21)(H2,17,19,20,22,23)/t8-,11-/m1/s1. The average Bonchev–Trinajstić information content (AvgIpc) is 2.47. The molecule has 2 aromatic heterocycles. The molecule has 1 aliphatic rings. The molecule has 7 nitrogen and oxygen atoms in total. The van der Waals surface area contributed by atoms with Crippen LogP contribution in [0.25, 0.3) is 11.0 Å². The predicted molar refractivity (Wildman–Crippen MR) is 86.6 cm³/mol. The molecule has 0 aliphatic heterocycles. The van der Waals surface area contributed by atoms with E-state index in [9.17, 15) is 14.4 Å². The quantitative estimate of drug-likeness (QED) is 0.774. The van der Waals surface area contributed by atoms with Gasteiger partial charge in [-0.1, -0.05) is 19.8 Å². The van der Waals surface area contributed by atoms with Crippen LogP contribution in [0, 0.1) is 12.8 Å². The average molecular weight is 316 g/mol. The highest BCUT2D eigenvalue weighted by atomic mass is 16.2. The Morgan fingerprint density at radius 3 is 2.74 bits per heavy atom. The lowest BCUT2D eigenvalue weighted by atomic mass is 9.86. The van der Waals surface area contributed by atoms with Crippen LogP contribution in [0.5, 0.6) is 0 Å². The van der Waals surface area contributed by atoms with Gasteiger partial charge in [-0.25, -0.2) is 9.78 Å². The smallest absolute Gasteiger partial charge is 0.327 e. The highest BCUT2D eigenvalue weighted by Crippen LogP contribution is 2.24. The molecule has 0 saturated heterocycles. The van der Waals surface area contributed by atoms with E-state index in [1.54, 1.807) is 13.0 Å². The summed E-state index contributed by atoms with van der Waals surface area (Å²) >= 11 is 0. The van der Waals surface area contributed by atoms with Gasteiger partial charge in [0.2, 0.25) is 0 Å². The van der Waals surface area contributed by atoms with Crippen LogP contribution in [0.1, 0.15) is 48.7 Å². The number of nitrogens with zero attached hydrogens (tertiary/aromatic N) is 1. The molecule has 0 aromatic carbocycles. The third kappa shape index (κ3) is 3.04. The maximum Gasteiger partial charge on any atom is 0.327 e. The van der Waals surface area contributed by atoms with Gasteiger partial charge in [-0.3, -0.25) is 19.6 Å². The zero-order valence-corrected chi connectivity index (χ0v) is 13.2. The second kappa shape index (κ2) is 5.98. The molecule has 1 fully saturated rings. The first-order valence-corrected chi connectivity index (χ1v) is 7.90. The van der Waals surface area contributed by atoms with E-state index in [0.717, 1.165) is 19.3 Å². The molecule has 7 heteroatoms. The fourth-order valence-corrected chi connectivity index (χ4v) is 3.25. The summed E-state index contributed by atoms with van der Waals surface area (Å²) in [5, 5.41) is 3.16. The molecule has 2 aromatic rings. The number of aromatic amines is 2. The third-order valence-corrected chi connectivity index (χ3v) is 4.51. The zero-order chi connectivity index (χ0) is 16.6. The van der Waals surface area contributed by atoms with Crippen molar-refractivity contribution in [3.63, 3.8) is 0 Å². The molecule has 2 heterocycles. The highest BCUT2D eigenvalue weighted by Gasteiger charge is 2.25. The van der Waals surface area contributed by atoms with Gasteiger partial charge in [-0.15, -0.1) is 0 Å². The molecule has 1 aliphatic carbocycles. The number of nitrogens with one attached hydrogen (secondary N) is 3. The van der Waals surface area contributed by atoms with Gasteiger partial charge in [0, 0.05) is 11.7 Å². The van der Waals surface area contributed by atoms with Gasteiger partial charge >= 0.3 is 5.69 Å². The first-order valence-electron chi connectivity index (χ1n) is 7.90. The van der Waals surface area contributed by atoms with Crippen molar-refractivity contribution < 1.29 is 4.79 Å². The maximum atomic E-state index is 12.7. The molecule has 0 bridgehead atoms. The Morgan fingerprint density at radius 2 is 2.00 bits per heavy atom. The molecule has 3 N–H and O–H groups in total. The van der Waals surface area contributed by atoms with Gasteiger partial charge in [0.1, 0.15) is 5.65 Å². The topological polar surface area (TPSA) is 108 Å². The molecule has 0 unspecified atom stereocenters. The zero-order valence-electron chi connectivity index (χ0n) is 13.2. The Morgan fingerprint density at radius 1 is 1.26 bits per heavy atom. The number of hydrogen-bond donors (Lipinski definition) is 3. The van der Waals surface area contributed by atoms with Crippen molar-refractivity contribution in [2.24, 2.45) is 5.92 Å². The number of carbonyl (C=O) groups is 1. The molecular weight excluding hydrogens is 296 g/mol. The van der Waals surface area contributed by atoms with Crippen molar-refractivity contribution in [3.8, 4) is 0 Å². The summed E-state index contributed by atoms with van der Waals surface area (Å²) in [6, 6.07) is 1.69. The molecule has 1 amide bonds. The lowest BCUT2D eigenvalue weighted by molar-refractivity contribution is 0.0911. The number of carbonyl (C=O) groups excluding carboxylic acids is 1. The van der Waals surface area contributed by atoms with Crippen LogP contribution in [0.4, 0.5) is 0 Å². The first-order chi connectivity index (χ1) is 11.0. The molecule has 0 radical (unpaired) electrons. The van der Waals surface area contributed by atoms with Crippen molar-refractivity contribution in [3.05, 3.63) is 38.2 Å². The Hall–Kier alpha value is -2.44. The lowest BCUT2D eigenvalue weighted by Crippen LogP contribution is -2.41. The highest BCUT2D eigenvalue weighted by molar-refractivity contribution is 6.05. The number of fused-ring (bicyclic) bond motifs is 1. The van der Waals surface area contributed by atoms with Gasteiger partial charge < -0.3 is 5.32 Å². The van der Waals surface area contributed by atoms with Crippen LogP contribution in [0.2, 0.25) is 0 Å². The first kappa shape index (κ1) is 15.5. The normalized spacial score (nSPS) is 21.3. The Labute approximate surface area is 132 Å². The van der Waals surface area contributed by atoms with E-state index in [0.29, 0.717) is 11.6 Å². The van der Waals surface area contributed by atoms with E-state index in [1.165, 1.54) is 6.42 Å². The number of aryl methyl sites for hydroxylation is 1. The van der Waals surface area contributed by atoms with Gasteiger partial charge in [0.15, 0.2) is 0 Å². The van der Waals surface area contributed by atoms with Crippen LogP contribution in [-0.2, 0) is 0 Å². The summed E-state index contributed by atoms with van der Waals surface area (Å²) in [7, 11) is 0. The van der Waals surface area contributed by atoms with E-state index in [-0.39, 0.29) is 28.5 Å². The van der Waals surface area contributed by atoms with Gasteiger partial charge in [0.25, 0.3) is 11.5 Å². The Kier molecular flexibility index (Phi) is 4.02. The molecule has 2 atom stereocenters. The molecule has 1 saturated carbocycles. The number of rotatable bonds is 2. The number of aromatic nitrogens is 3. The van der Waals surface area contributed by atoms with Crippen molar-refractivity contribution in [2.75, 3.05) is 0 Å². The summed E-state index contributed by atoms with van der Waals surface area (Å²) < 4.78 is 0. The monoisotopic (exact) mass is 316 g/mol. The number of amides is 1. The minimum absolute atomic E-state index is 0.113.